The first-order valence-corrected chi connectivity index (χ1v) is 9.68. The van der Waals surface area contributed by atoms with Gasteiger partial charge in [-0.2, -0.15) is 8.42 Å². The Labute approximate surface area is 149 Å². The van der Waals surface area contributed by atoms with Crippen LogP contribution < -0.4 is 9.08 Å². The maximum Gasteiger partial charge on any atom is 0.340 e. The van der Waals surface area contributed by atoms with Crippen LogP contribution >= 0.6 is 15.9 Å². The lowest BCUT2D eigenvalue weighted by Crippen LogP contribution is -2.23. The summed E-state index contributed by atoms with van der Waals surface area (Å²) in [6, 6.07) is 11.5. The molecule has 0 saturated carbocycles. The minimum atomic E-state index is -3.96. The van der Waals surface area contributed by atoms with E-state index in [4.69, 9.17) is 4.18 Å². The van der Waals surface area contributed by atoms with Crippen molar-refractivity contribution in [1.29, 1.82) is 0 Å². The van der Waals surface area contributed by atoms with Crippen molar-refractivity contribution in [2.24, 2.45) is 0 Å². The van der Waals surface area contributed by atoms with Crippen molar-refractivity contribution in [3.05, 3.63) is 52.5 Å². The van der Waals surface area contributed by atoms with E-state index in [1.807, 2.05) is 6.92 Å². The molecular weight excluding hydrogens is 394 g/mol. The second-order valence-corrected chi connectivity index (χ2v) is 7.99. The average Bonchev–Trinajstić information content (AvgIpc) is 2.92. The number of nitrogens with zero attached hydrogens (tertiary/aromatic N) is 1. The molecule has 0 bridgehead atoms. The SMILES string of the molecule is Cc1ccc(S(=O)(=O)Oc2cccc(N3CCCC3=O)c2)c(Br)c1. The standard InChI is InChI=1S/C17H16BrNO4S/c1-12-7-8-16(15(18)10-12)24(21,22)23-14-5-2-4-13(11-14)19-9-3-6-17(19)20/h2,4-5,7-8,10-11H,3,6,9H2,1H3. The molecule has 1 amide bonds. The number of carbonyl (C=O) groups excluding carboxylic acids is 1. The molecule has 1 aliphatic rings. The Morgan fingerprint density at radius 1 is 1.17 bits per heavy atom. The molecular formula is C17H16BrNO4S. The largest absolute Gasteiger partial charge is 0.379 e. The van der Waals surface area contributed by atoms with Crippen LogP contribution in [-0.4, -0.2) is 20.9 Å². The Morgan fingerprint density at radius 3 is 2.62 bits per heavy atom. The zero-order valence-corrected chi connectivity index (χ0v) is 15.4. The summed E-state index contributed by atoms with van der Waals surface area (Å²) in [6.45, 7) is 2.51. The third-order valence-electron chi connectivity index (χ3n) is 3.77. The van der Waals surface area contributed by atoms with E-state index in [9.17, 15) is 13.2 Å². The van der Waals surface area contributed by atoms with Crippen LogP contribution in [0.4, 0.5) is 5.69 Å². The summed E-state index contributed by atoms with van der Waals surface area (Å²) >= 11 is 3.26. The molecule has 1 heterocycles. The quantitative estimate of drug-likeness (QED) is 0.722. The van der Waals surface area contributed by atoms with Gasteiger partial charge in [-0.25, -0.2) is 0 Å². The van der Waals surface area contributed by atoms with Crippen LogP contribution in [0.15, 0.2) is 51.8 Å². The maximum atomic E-state index is 12.5. The number of amides is 1. The highest BCUT2D eigenvalue weighted by molar-refractivity contribution is 9.10. The van der Waals surface area contributed by atoms with E-state index in [1.165, 1.54) is 6.07 Å². The van der Waals surface area contributed by atoms with Crippen molar-refractivity contribution in [1.82, 2.24) is 0 Å². The molecule has 0 aliphatic carbocycles. The van der Waals surface area contributed by atoms with E-state index in [1.54, 1.807) is 41.3 Å². The van der Waals surface area contributed by atoms with Crippen LogP contribution in [-0.2, 0) is 14.9 Å². The number of benzene rings is 2. The van der Waals surface area contributed by atoms with Crippen molar-refractivity contribution in [2.75, 3.05) is 11.4 Å². The molecule has 2 aromatic rings. The van der Waals surface area contributed by atoms with Crippen molar-refractivity contribution in [2.45, 2.75) is 24.7 Å². The Morgan fingerprint density at radius 2 is 1.96 bits per heavy atom. The number of halogens is 1. The van der Waals surface area contributed by atoms with E-state index in [-0.39, 0.29) is 16.6 Å². The summed E-state index contributed by atoms with van der Waals surface area (Å²) in [5, 5.41) is 0. The summed E-state index contributed by atoms with van der Waals surface area (Å²) in [7, 11) is -3.96. The van der Waals surface area contributed by atoms with E-state index in [2.05, 4.69) is 15.9 Å². The highest BCUT2D eigenvalue weighted by Crippen LogP contribution is 2.29. The smallest absolute Gasteiger partial charge is 0.340 e. The predicted octanol–water partition coefficient (Wildman–Crippen LogP) is 3.65. The average molecular weight is 410 g/mol. The van der Waals surface area contributed by atoms with Crippen molar-refractivity contribution in [3.8, 4) is 5.75 Å². The molecule has 1 saturated heterocycles. The minimum Gasteiger partial charge on any atom is -0.379 e. The third-order valence-corrected chi connectivity index (χ3v) is 5.99. The van der Waals surface area contributed by atoms with Crippen LogP contribution in [0.25, 0.3) is 0 Å². The van der Waals surface area contributed by atoms with Crippen molar-refractivity contribution in [3.63, 3.8) is 0 Å². The third kappa shape index (κ3) is 3.47. The molecule has 24 heavy (non-hydrogen) atoms. The topological polar surface area (TPSA) is 63.7 Å². The lowest BCUT2D eigenvalue weighted by atomic mass is 10.2. The van der Waals surface area contributed by atoms with Crippen LogP contribution in [0.3, 0.4) is 0 Å². The number of hydrogen-bond donors (Lipinski definition) is 0. The van der Waals surface area contributed by atoms with Crippen molar-refractivity contribution >= 4 is 37.6 Å². The van der Waals surface area contributed by atoms with E-state index >= 15 is 0 Å². The van der Waals surface area contributed by atoms with Crippen molar-refractivity contribution < 1.29 is 17.4 Å². The van der Waals surface area contributed by atoms with Gasteiger partial charge in [0, 0.05) is 29.2 Å². The van der Waals surface area contributed by atoms with Gasteiger partial charge in [0.25, 0.3) is 0 Å². The zero-order chi connectivity index (χ0) is 17.3. The minimum absolute atomic E-state index is 0.0382. The molecule has 0 atom stereocenters. The summed E-state index contributed by atoms with van der Waals surface area (Å²) in [5.74, 6) is 0.218. The first-order chi connectivity index (χ1) is 11.4. The highest BCUT2D eigenvalue weighted by Gasteiger charge is 2.24. The monoisotopic (exact) mass is 409 g/mol. The summed E-state index contributed by atoms with van der Waals surface area (Å²) < 4.78 is 30.7. The van der Waals surface area contributed by atoms with E-state index in [0.29, 0.717) is 23.1 Å². The number of anilines is 1. The van der Waals surface area contributed by atoms with Gasteiger partial charge in [-0.05, 0) is 59.1 Å². The molecule has 2 aromatic carbocycles. The molecule has 3 rings (SSSR count). The number of rotatable bonds is 4. The number of aryl methyl sites for hydroxylation is 1. The Kier molecular flexibility index (Phi) is 4.64. The molecule has 0 unspecified atom stereocenters. The fourth-order valence-corrected chi connectivity index (χ4v) is 4.67. The van der Waals surface area contributed by atoms with Gasteiger partial charge in [0.2, 0.25) is 5.91 Å². The molecule has 0 radical (unpaired) electrons. The van der Waals surface area contributed by atoms with Crippen LogP contribution in [0.1, 0.15) is 18.4 Å². The van der Waals surface area contributed by atoms with Crippen LogP contribution in [0.5, 0.6) is 5.75 Å². The van der Waals surface area contributed by atoms with Crippen LogP contribution in [0, 0.1) is 6.92 Å². The molecule has 0 aromatic heterocycles. The lowest BCUT2D eigenvalue weighted by molar-refractivity contribution is -0.117. The van der Waals surface area contributed by atoms with Gasteiger partial charge < -0.3 is 9.08 Å². The number of carbonyl (C=O) groups is 1. The fourth-order valence-electron chi connectivity index (χ4n) is 2.60. The van der Waals surface area contributed by atoms with Crippen LogP contribution in [0.2, 0.25) is 0 Å². The second kappa shape index (κ2) is 6.57. The summed E-state index contributed by atoms with van der Waals surface area (Å²) in [6.07, 6.45) is 1.32. The first-order valence-electron chi connectivity index (χ1n) is 7.48. The molecule has 7 heteroatoms. The first kappa shape index (κ1) is 17.0. The Balaban J connectivity index is 1.89. The molecule has 1 fully saturated rings. The van der Waals surface area contributed by atoms with E-state index < -0.39 is 10.1 Å². The molecule has 0 spiro atoms. The fraction of sp³-hybridized carbons (Fsp3) is 0.235. The molecule has 126 valence electrons. The van der Waals surface area contributed by atoms with Gasteiger partial charge in [-0.1, -0.05) is 12.1 Å². The second-order valence-electron chi connectivity index (χ2n) is 5.62. The van der Waals surface area contributed by atoms with Gasteiger partial charge in [0.1, 0.15) is 10.6 Å². The number of hydrogen-bond acceptors (Lipinski definition) is 4. The Hall–Kier alpha value is -1.86. The predicted molar refractivity (Wildman–Crippen MR) is 94.7 cm³/mol. The van der Waals surface area contributed by atoms with Gasteiger partial charge in [0.05, 0.1) is 0 Å². The molecule has 5 nitrogen and oxygen atoms in total. The molecule has 0 N–H and O–H groups in total. The normalized spacial score (nSPS) is 14.9. The highest BCUT2D eigenvalue weighted by atomic mass is 79.9. The van der Waals surface area contributed by atoms with Gasteiger partial charge >= 0.3 is 10.1 Å². The lowest BCUT2D eigenvalue weighted by Gasteiger charge is -2.16. The van der Waals surface area contributed by atoms with Gasteiger partial charge in [-0.15, -0.1) is 0 Å². The van der Waals surface area contributed by atoms with Gasteiger partial charge in [-0.3, -0.25) is 4.79 Å². The molecule has 1 aliphatic heterocycles. The van der Waals surface area contributed by atoms with E-state index in [0.717, 1.165) is 12.0 Å². The zero-order valence-electron chi connectivity index (χ0n) is 13.0. The summed E-state index contributed by atoms with van der Waals surface area (Å²) in [5.41, 5.74) is 1.59. The summed E-state index contributed by atoms with van der Waals surface area (Å²) in [4.78, 5) is 13.5. The Bertz CT molecular complexity index is 895. The maximum absolute atomic E-state index is 12.5. The van der Waals surface area contributed by atoms with Gasteiger partial charge in [0.15, 0.2) is 0 Å².